The van der Waals surface area contributed by atoms with E-state index in [1.54, 1.807) is 0 Å². The summed E-state index contributed by atoms with van der Waals surface area (Å²) in [7, 11) is 0. The summed E-state index contributed by atoms with van der Waals surface area (Å²) in [6.45, 7) is 7.73. The van der Waals surface area contributed by atoms with Crippen molar-refractivity contribution in [3.05, 3.63) is 29.8 Å². The number of hydrogen-bond acceptors (Lipinski definition) is 3. The van der Waals surface area contributed by atoms with E-state index in [0.29, 0.717) is 25.6 Å². The van der Waals surface area contributed by atoms with Crippen molar-refractivity contribution in [3.63, 3.8) is 0 Å². The maximum absolute atomic E-state index is 12.6. The lowest BCUT2D eigenvalue weighted by molar-refractivity contribution is -0.143. The molecular weight excluding hydrogens is 391 g/mol. The molecule has 168 valence electrons. The van der Waals surface area contributed by atoms with Crippen molar-refractivity contribution in [1.29, 1.82) is 0 Å². The second-order valence-electron chi connectivity index (χ2n) is 8.38. The molecule has 2 fully saturated rings. The molecule has 0 amide bonds. The average molecular weight is 426 g/mol. The molecule has 0 spiro atoms. The van der Waals surface area contributed by atoms with Crippen molar-refractivity contribution < 1.29 is 13.2 Å². The molecule has 8 heteroatoms. The van der Waals surface area contributed by atoms with Gasteiger partial charge in [0.25, 0.3) is 0 Å². The standard InChI is InChI=1S/C22H34F3N5/c1-3-26-21(27-14-18-9-12-29(15-18)16-22(23,24)25)28-17(2)19-7-6-8-20(13-19)30-10-4-5-11-30/h6-8,13,17-18H,3-5,9-12,14-16H2,1-2H3,(H2,26,27,28). The van der Waals surface area contributed by atoms with Gasteiger partial charge in [-0.1, -0.05) is 12.1 Å². The Balaban J connectivity index is 1.56. The Labute approximate surface area is 177 Å². The van der Waals surface area contributed by atoms with E-state index in [1.807, 2.05) is 6.92 Å². The maximum atomic E-state index is 12.6. The Hall–Kier alpha value is -1.96. The molecule has 2 N–H and O–H groups in total. The zero-order valence-corrected chi connectivity index (χ0v) is 18.0. The Morgan fingerprint density at radius 1 is 1.23 bits per heavy atom. The maximum Gasteiger partial charge on any atom is 0.401 e. The van der Waals surface area contributed by atoms with Gasteiger partial charge in [0.15, 0.2) is 5.96 Å². The fraction of sp³-hybridized carbons (Fsp3) is 0.682. The summed E-state index contributed by atoms with van der Waals surface area (Å²) in [5, 5.41) is 6.71. The van der Waals surface area contributed by atoms with Crippen LogP contribution in [0, 0.1) is 5.92 Å². The van der Waals surface area contributed by atoms with E-state index in [9.17, 15) is 13.2 Å². The van der Waals surface area contributed by atoms with Crippen LogP contribution in [0.25, 0.3) is 0 Å². The van der Waals surface area contributed by atoms with Gasteiger partial charge in [0.1, 0.15) is 0 Å². The number of guanidine groups is 1. The summed E-state index contributed by atoms with van der Waals surface area (Å²) in [6.07, 6.45) is -0.881. The third kappa shape index (κ3) is 6.79. The third-order valence-corrected chi connectivity index (χ3v) is 5.82. The number of likely N-dealkylation sites (tertiary alicyclic amines) is 1. The largest absolute Gasteiger partial charge is 0.401 e. The Kier molecular flexibility index (Phi) is 7.86. The predicted octanol–water partition coefficient (Wildman–Crippen LogP) is 3.79. The van der Waals surface area contributed by atoms with Gasteiger partial charge in [-0.05, 0) is 63.3 Å². The SMILES string of the molecule is CCNC(=NCC1CCN(CC(F)(F)F)C1)NC(C)c1cccc(N2CCCC2)c1. The van der Waals surface area contributed by atoms with Crippen molar-refractivity contribution in [1.82, 2.24) is 15.5 Å². The predicted molar refractivity (Wildman–Crippen MR) is 116 cm³/mol. The van der Waals surface area contributed by atoms with Gasteiger partial charge in [0.05, 0.1) is 12.6 Å². The summed E-state index contributed by atoms with van der Waals surface area (Å²) in [5.41, 5.74) is 2.46. The second-order valence-corrected chi connectivity index (χ2v) is 8.38. The topological polar surface area (TPSA) is 42.9 Å². The molecule has 1 aromatic carbocycles. The minimum Gasteiger partial charge on any atom is -0.372 e. The molecule has 1 aromatic rings. The molecule has 30 heavy (non-hydrogen) atoms. The van der Waals surface area contributed by atoms with E-state index < -0.39 is 12.7 Å². The molecule has 0 bridgehead atoms. The summed E-state index contributed by atoms with van der Waals surface area (Å²) in [6, 6.07) is 8.69. The Bertz CT molecular complexity index is 700. The molecule has 0 radical (unpaired) electrons. The number of halogens is 3. The lowest BCUT2D eigenvalue weighted by Gasteiger charge is -2.22. The smallest absolute Gasteiger partial charge is 0.372 e. The number of benzene rings is 1. The van der Waals surface area contributed by atoms with E-state index in [1.165, 1.54) is 29.0 Å². The molecule has 0 aromatic heterocycles. The van der Waals surface area contributed by atoms with Crippen LogP contribution in [0.4, 0.5) is 18.9 Å². The lowest BCUT2D eigenvalue weighted by atomic mass is 10.1. The van der Waals surface area contributed by atoms with Crippen LogP contribution in [0.5, 0.6) is 0 Å². The molecule has 2 unspecified atom stereocenters. The summed E-state index contributed by atoms with van der Waals surface area (Å²) in [4.78, 5) is 8.57. The van der Waals surface area contributed by atoms with Gasteiger partial charge in [-0.25, -0.2) is 0 Å². The number of aliphatic imine (C=N–C) groups is 1. The van der Waals surface area contributed by atoms with Crippen LogP contribution in [0.1, 0.15) is 44.7 Å². The molecule has 2 atom stereocenters. The number of nitrogens with one attached hydrogen (secondary N) is 2. The average Bonchev–Trinajstić information content (AvgIpc) is 3.37. The van der Waals surface area contributed by atoms with Gasteiger partial charge >= 0.3 is 6.18 Å². The minimum atomic E-state index is -4.13. The highest BCUT2D eigenvalue weighted by Gasteiger charge is 2.34. The molecule has 2 aliphatic rings. The molecule has 5 nitrogen and oxygen atoms in total. The van der Waals surface area contributed by atoms with Crippen molar-refractivity contribution in [2.45, 2.75) is 45.3 Å². The summed E-state index contributed by atoms with van der Waals surface area (Å²) < 4.78 is 37.8. The first kappa shape index (κ1) is 22.7. The van der Waals surface area contributed by atoms with E-state index >= 15 is 0 Å². The first-order valence-electron chi connectivity index (χ1n) is 11.0. The first-order chi connectivity index (χ1) is 14.3. The third-order valence-electron chi connectivity index (χ3n) is 5.82. The zero-order chi connectivity index (χ0) is 21.6. The van der Waals surface area contributed by atoms with Gasteiger partial charge in [-0.15, -0.1) is 0 Å². The summed E-state index contributed by atoms with van der Waals surface area (Å²) >= 11 is 0. The molecule has 2 saturated heterocycles. The highest BCUT2D eigenvalue weighted by atomic mass is 19.4. The van der Waals surface area contributed by atoms with Gasteiger partial charge < -0.3 is 15.5 Å². The number of hydrogen-bond donors (Lipinski definition) is 2. The van der Waals surface area contributed by atoms with Crippen LogP contribution in [0.2, 0.25) is 0 Å². The van der Waals surface area contributed by atoms with E-state index in [4.69, 9.17) is 0 Å². The monoisotopic (exact) mass is 425 g/mol. The van der Waals surface area contributed by atoms with Gasteiger partial charge in [-0.2, -0.15) is 13.2 Å². The lowest BCUT2D eigenvalue weighted by Crippen LogP contribution is -2.39. The van der Waals surface area contributed by atoms with Crippen molar-refractivity contribution in [3.8, 4) is 0 Å². The van der Waals surface area contributed by atoms with Crippen LogP contribution >= 0.6 is 0 Å². The zero-order valence-electron chi connectivity index (χ0n) is 18.0. The molecular formula is C22H34F3N5. The van der Waals surface area contributed by atoms with Gasteiger partial charge in [-0.3, -0.25) is 9.89 Å². The fourth-order valence-electron chi connectivity index (χ4n) is 4.25. The second kappa shape index (κ2) is 10.4. The number of nitrogens with zero attached hydrogens (tertiary/aromatic N) is 3. The highest BCUT2D eigenvalue weighted by molar-refractivity contribution is 5.80. The minimum absolute atomic E-state index is 0.0793. The van der Waals surface area contributed by atoms with E-state index in [-0.39, 0.29) is 12.0 Å². The van der Waals surface area contributed by atoms with E-state index in [2.05, 4.69) is 51.7 Å². The molecule has 0 saturated carbocycles. The van der Waals surface area contributed by atoms with Crippen LogP contribution < -0.4 is 15.5 Å². The molecule has 3 rings (SSSR count). The normalized spacial score (nSPS) is 21.8. The number of alkyl halides is 3. The van der Waals surface area contributed by atoms with Crippen LogP contribution in [-0.4, -0.2) is 62.8 Å². The van der Waals surface area contributed by atoms with Crippen molar-refractivity contribution in [2.24, 2.45) is 10.9 Å². The van der Waals surface area contributed by atoms with Gasteiger partial charge in [0.2, 0.25) is 0 Å². The van der Waals surface area contributed by atoms with Crippen LogP contribution in [-0.2, 0) is 0 Å². The first-order valence-corrected chi connectivity index (χ1v) is 11.0. The summed E-state index contributed by atoms with van der Waals surface area (Å²) in [5.74, 6) is 0.877. The van der Waals surface area contributed by atoms with Crippen LogP contribution in [0.15, 0.2) is 29.3 Å². The fourth-order valence-corrected chi connectivity index (χ4v) is 4.25. The Morgan fingerprint density at radius 2 is 2.00 bits per heavy atom. The Morgan fingerprint density at radius 3 is 2.70 bits per heavy atom. The van der Waals surface area contributed by atoms with Crippen LogP contribution in [0.3, 0.4) is 0 Å². The molecule has 0 aliphatic carbocycles. The van der Waals surface area contributed by atoms with Crippen molar-refractivity contribution >= 4 is 11.6 Å². The van der Waals surface area contributed by atoms with Crippen molar-refractivity contribution in [2.75, 3.05) is 50.7 Å². The van der Waals surface area contributed by atoms with E-state index in [0.717, 1.165) is 26.1 Å². The number of rotatable bonds is 7. The highest BCUT2D eigenvalue weighted by Crippen LogP contribution is 2.25. The molecule has 2 heterocycles. The molecule has 2 aliphatic heterocycles. The quantitative estimate of drug-likeness (QED) is 0.515. The van der Waals surface area contributed by atoms with Gasteiger partial charge in [0, 0.05) is 38.4 Å². The number of anilines is 1.